The van der Waals surface area contributed by atoms with Gasteiger partial charge in [-0.05, 0) is 7.05 Å². The summed E-state index contributed by atoms with van der Waals surface area (Å²) in [4.78, 5) is 15.0. The highest BCUT2D eigenvalue weighted by Gasteiger charge is 2.52. The molecule has 2 saturated heterocycles. The van der Waals surface area contributed by atoms with E-state index in [1.165, 1.54) is 7.11 Å². The van der Waals surface area contributed by atoms with Crippen molar-refractivity contribution in [2.75, 3.05) is 40.3 Å². The third-order valence-electron chi connectivity index (χ3n) is 2.70. The van der Waals surface area contributed by atoms with E-state index in [-0.39, 0.29) is 6.09 Å². The Morgan fingerprint density at radius 3 is 2.33 bits per heavy atom. The molecule has 2 heterocycles. The first-order valence-electron chi connectivity index (χ1n) is 4.17. The van der Waals surface area contributed by atoms with E-state index in [0.717, 1.165) is 26.2 Å². The van der Waals surface area contributed by atoms with Crippen LogP contribution in [0, 0.1) is 5.41 Å². The van der Waals surface area contributed by atoms with Crippen LogP contribution in [0.2, 0.25) is 0 Å². The van der Waals surface area contributed by atoms with Gasteiger partial charge < -0.3 is 14.5 Å². The summed E-state index contributed by atoms with van der Waals surface area (Å²) in [5.74, 6) is 0. The smallest absolute Gasteiger partial charge is 0.409 e. The molecule has 1 amide bonds. The molecule has 2 rings (SSSR count). The molecule has 0 atom stereocenters. The normalized spacial score (nSPS) is 26.3. The zero-order chi connectivity index (χ0) is 8.77. The number of carbonyl (C=O) groups is 1. The largest absolute Gasteiger partial charge is 0.453 e. The zero-order valence-electron chi connectivity index (χ0n) is 7.54. The molecule has 4 nitrogen and oxygen atoms in total. The SMILES string of the molecule is COC(=O)N1CC2(CN(C)C2)C1. The van der Waals surface area contributed by atoms with Crippen LogP contribution in [0.5, 0.6) is 0 Å². The Hall–Kier alpha value is -0.770. The summed E-state index contributed by atoms with van der Waals surface area (Å²) in [6.45, 7) is 4.01. The van der Waals surface area contributed by atoms with E-state index in [1.807, 2.05) is 0 Å². The average Bonchev–Trinajstić information content (AvgIpc) is 1.92. The molecule has 0 N–H and O–H groups in total. The second-order valence-electron chi connectivity index (χ2n) is 4.00. The van der Waals surface area contributed by atoms with Crippen LogP contribution in [0.25, 0.3) is 0 Å². The van der Waals surface area contributed by atoms with Gasteiger partial charge in [0.25, 0.3) is 0 Å². The molecule has 12 heavy (non-hydrogen) atoms. The quantitative estimate of drug-likeness (QED) is 0.513. The first-order valence-corrected chi connectivity index (χ1v) is 4.17. The van der Waals surface area contributed by atoms with Crippen molar-refractivity contribution in [3.63, 3.8) is 0 Å². The lowest BCUT2D eigenvalue weighted by Gasteiger charge is -2.58. The van der Waals surface area contributed by atoms with Gasteiger partial charge in [0, 0.05) is 31.6 Å². The molecule has 0 aromatic carbocycles. The standard InChI is InChI=1S/C8H14N2O2/c1-9-3-8(4-9)5-10(6-8)7(11)12-2/h3-6H2,1-2H3. The molecule has 2 aliphatic rings. The van der Waals surface area contributed by atoms with Gasteiger partial charge in [0.1, 0.15) is 0 Å². The van der Waals surface area contributed by atoms with E-state index in [2.05, 4.69) is 16.7 Å². The van der Waals surface area contributed by atoms with Crippen molar-refractivity contribution in [2.45, 2.75) is 0 Å². The Balaban J connectivity index is 1.81. The minimum atomic E-state index is -0.185. The lowest BCUT2D eigenvalue weighted by molar-refractivity contribution is -0.0925. The van der Waals surface area contributed by atoms with E-state index in [0.29, 0.717) is 5.41 Å². The lowest BCUT2D eigenvalue weighted by atomic mass is 9.73. The molecule has 0 aliphatic carbocycles. The number of likely N-dealkylation sites (tertiary alicyclic amines) is 2. The van der Waals surface area contributed by atoms with Gasteiger partial charge in [0.2, 0.25) is 0 Å². The highest BCUT2D eigenvalue weighted by atomic mass is 16.5. The number of amides is 1. The number of rotatable bonds is 0. The number of methoxy groups -OCH3 is 1. The lowest BCUT2D eigenvalue weighted by Crippen LogP contribution is -2.71. The first kappa shape index (κ1) is 7.86. The fraction of sp³-hybridized carbons (Fsp3) is 0.875. The highest BCUT2D eigenvalue weighted by molar-refractivity contribution is 5.68. The van der Waals surface area contributed by atoms with Gasteiger partial charge in [-0.1, -0.05) is 0 Å². The predicted octanol–water partition coefficient (Wildman–Crippen LogP) is 0.000200. The summed E-state index contributed by atoms with van der Waals surface area (Å²) in [6.07, 6.45) is -0.185. The van der Waals surface area contributed by atoms with Crippen LogP contribution in [0.4, 0.5) is 4.79 Å². The molecule has 1 spiro atoms. The summed E-state index contributed by atoms with van der Waals surface area (Å²) < 4.78 is 4.62. The van der Waals surface area contributed by atoms with E-state index in [4.69, 9.17) is 0 Å². The second kappa shape index (κ2) is 2.36. The van der Waals surface area contributed by atoms with Gasteiger partial charge in [-0.3, -0.25) is 0 Å². The molecular weight excluding hydrogens is 156 g/mol. The van der Waals surface area contributed by atoms with Gasteiger partial charge >= 0.3 is 6.09 Å². The maximum absolute atomic E-state index is 11.0. The molecular formula is C8H14N2O2. The minimum Gasteiger partial charge on any atom is -0.453 e. The summed E-state index contributed by atoms with van der Waals surface area (Å²) >= 11 is 0. The second-order valence-corrected chi connectivity index (χ2v) is 4.00. The van der Waals surface area contributed by atoms with Crippen molar-refractivity contribution < 1.29 is 9.53 Å². The van der Waals surface area contributed by atoms with Crippen LogP contribution >= 0.6 is 0 Å². The number of hydrogen-bond donors (Lipinski definition) is 0. The van der Waals surface area contributed by atoms with Crippen LogP contribution in [0.1, 0.15) is 0 Å². The Morgan fingerprint density at radius 1 is 1.33 bits per heavy atom. The molecule has 4 heteroatoms. The molecule has 0 aromatic heterocycles. The van der Waals surface area contributed by atoms with Crippen LogP contribution in [-0.2, 0) is 4.74 Å². The number of nitrogens with zero attached hydrogens (tertiary/aromatic N) is 2. The third kappa shape index (κ3) is 0.982. The van der Waals surface area contributed by atoms with E-state index >= 15 is 0 Å². The number of ether oxygens (including phenoxy) is 1. The molecule has 0 bridgehead atoms. The zero-order valence-corrected chi connectivity index (χ0v) is 7.54. The fourth-order valence-electron chi connectivity index (χ4n) is 2.32. The molecule has 0 radical (unpaired) electrons. The van der Waals surface area contributed by atoms with Crippen molar-refractivity contribution in [1.29, 1.82) is 0 Å². The Morgan fingerprint density at radius 2 is 1.92 bits per heavy atom. The number of carbonyl (C=O) groups excluding carboxylic acids is 1. The number of hydrogen-bond acceptors (Lipinski definition) is 3. The maximum atomic E-state index is 11.0. The summed E-state index contributed by atoms with van der Waals surface area (Å²) in [7, 11) is 3.53. The molecule has 0 aromatic rings. The predicted molar refractivity (Wildman–Crippen MR) is 43.9 cm³/mol. The van der Waals surface area contributed by atoms with Gasteiger partial charge in [0.05, 0.1) is 7.11 Å². The van der Waals surface area contributed by atoms with Gasteiger partial charge in [0.15, 0.2) is 0 Å². The third-order valence-corrected chi connectivity index (χ3v) is 2.70. The molecule has 68 valence electrons. The summed E-state index contributed by atoms with van der Waals surface area (Å²) in [5.41, 5.74) is 0.420. The van der Waals surface area contributed by atoms with E-state index in [9.17, 15) is 4.79 Å². The van der Waals surface area contributed by atoms with Crippen molar-refractivity contribution >= 4 is 6.09 Å². The van der Waals surface area contributed by atoms with Gasteiger partial charge in [-0.2, -0.15) is 0 Å². The highest BCUT2D eigenvalue weighted by Crippen LogP contribution is 2.38. The van der Waals surface area contributed by atoms with Crippen LogP contribution in [-0.4, -0.2) is 56.2 Å². The Labute approximate surface area is 72.1 Å². The van der Waals surface area contributed by atoms with Crippen molar-refractivity contribution in [2.24, 2.45) is 5.41 Å². The van der Waals surface area contributed by atoms with Crippen molar-refractivity contribution in [3.05, 3.63) is 0 Å². The molecule has 0 unspecified atom stereocenters. The molecule has 2 aliphatic heterocycles. The minimum absolute atomic E-state index is 0.185. The summed E-state index contributed by atoms with van der Waals surface area (Å²) in [5, 5.41) is 0. The van der Waals surface area contributed by atoms with Crippen LogP contribution in [0.3, 0.4) is 0 Å². The first-order chi connectivity index (χ1) is 5.65. The van der Waals surface area contributed by atoms with Gasteiger partial charge in [-0.25, -0.2) is 4.79 Å². The van der Waals surface area contributed by atoms with E-state index in [1.54, 1.807) is 4.90 Å². The Bertz CT molecular complexity index is 203. The maximum Gasteiger partial charge on any atom is 0.409 e. The average molecular weight is 170 g/mol. The fourth-order valence-corrected chi connectivity index (χ4v) is 2.32. The molecule has 2 fully saturated rings. The van der Waals surface area contributed by atoms with Crippen molar-refractivity contribution in [3.8, 4) is 0 Å². The van der Waals surface area contributed by atoms with Crippen molar-refractivity contribution in [1.82, 2.24) is 9.80 Å². The topological polar surface area (TPSA) is 32.8 Å². The van der Waals surface area contributed by atoms with Crippen LogP contribution in [0.15, 0.2) is 0 Å². The monoisotopic (exact) mass is 170 g/mol. The van der Waals surface area contributed by atoms with Gasteiger partial charge in [-0.15, -0.1) is 0 Å². The molecule has 0 saturated carbocycles. The van der Waals surface area contributed by atoms with Crippen LogP contribution < -0.4 is 0 Å². The Kier molecular flexibility index (Phi) is 1.54. The summed E-state index contributed by atoms with van der Waals surface area (Å²) in [6, 6.07) is 0. The van der Waals surface area contributed by atoms with E-state index < -0.39 is 0 Å².